The first kappa shape index (κ1) is 52.0. The van der Waals surface area contributed by atoms with Crippen molar-refractivity contribution in [1.82, 2.24) is 0 Å². The summed E-state index contributed by atoms with van der Waals surface area (Å²) in [4.78, 5) is 8.16. The third kappa shape index (κ3) is 7.96. The van der Waals surface area contributed by atoms with Crippen LogP contribution in [-0.4, -0.2) is 6.71 Å². The summed E-state index contributed by atoms with van der Waals surface area (Å²) in [5, 5.41) is 0. The van der Waals surface area contributed by atoms with Gasteiger partial charge in [0.15, 0.2) is 0 Å². The average molecular weight is 1020 g/mol. The van der Waals surface area contributed by atoms with Crippen LogP contribution in [0.4, 0.5) is 45.5 Å². The lowest BCUT2D eigenvalue weighted by Crippen LogP contribution is -2.61. The summed E-state index contributed by atoms with van der Waals surface area (Å²) in [6.07, 6.45) is 2.10. The molecule has 0 radical (unpaired) electrons. The highest BCUT2D eigenvalue weighted by Crippen LogP contribution is 2.65. The fourth-order valence-electron chi connectivity index (χ4n) is 13.9. The van der Waals surface area contributed by atoms with E-state index in [4.69, 9.17) is 0 Å². The predicted octanol–water partition coefficient (Wildman–Crippen LogP) is 18.2. The van der Waals surface area contributed by atoms with Crippen LogP contribution >= 0.6 is 0 Å². The molecular weight excluding hydrogens is 942 g/mol. The van der Waals surface area contributed by atoms with Crippen LogP contribution in [0, 0.1) is 0 Å². The Morgan fingerprint density at radius 2 is 0.923 bits per heavy atom. The first-order valence-corrected chi connectivity index (χ1v) is 29.0. The third-order valence-corrected chi connectivity index (χ3v) is 18.9. The number of aryl methyl sites for hydroxylation is 1. The van der Waals surface area contributed by atoms with Gasteiger partial charge in [-0.05, 0) is 168 Å². The van der Waals surface area contributed by atoms with Gasteiger partial charge in [-0.2, -0.15) is 0 Å². The molecule has 2 atom stereocenters. The molecule has 0 aromatic heterocycles. The lowest BCUT2D eigenvalue weighted by atomic mass is 9.33. The molecule has 3 aliphatic heterocycles. The van der Waals surface area contributed by atoms with Gasteiger partial charge in [0.1, 0.15) is 0 Å². The van der Waals surface area contributed by atoms with E-state index in [9.17, 15) is 0 Å². The van der Waals surface area contributed by atoms with E-state index < -0.39 is 5.54 Å². The van der Waals surface area contributed by atoms with Gasteiger partial charge < -0.3 is 14.7 Å². The number of anilines is 8. The minimum atomic E-state index is -0.424. The molecule has 3 heterocycles. The molecule has 4 heteroatoms. The standard InChI is InChI=1S/C74H82BN3/c1-68(2,3)49-27-23-28-54(40-49)76-64-44-53(72(13,14)15)30-34-59(64)75-60-43-52(71(10,11)12)33-37-63(60)77(61-35-31-50(69(4,5)6)41-56(61)47-24-19-18-20-25-47)66-46-55(45-65(76)67(66)75)78-62-36-32-51(70(7,8)9)42-58(62)73(16)39-38-48-26-21-22-29-57(48)74(73,78)17/h18-37,40-46H,38-39H2,1-17H3. The van der Waals surface area contributed by atoms with Crippen molar-refractivity contribution in [3.05, 3.63) is 208 Å². The monoisotopic (exact) mass is 1020 g/mol. The Labute approximate surface area is 468 Å². The van der Waals surface area contributed by atoms with Gasteiger partial charge in [0.25, 0.3) is 6.71 Å². The molecule has 3 nitrogen and oxygen atoms in total. The Balaban J connectivity index is 1.27. The van der Waals surface area contributed by atoms with E-state index in [2.05, 4.69) is 296 Å². The van der Waals surface area contributed by atoms with Crippen molar-refractivity contribution in [1.29, 1.82) is 0 Å². The summed E-state index contributed by atoms with van der Waals surface area (Å²) in [7, 11) is 0. The third-order valence-electron chi connectivity index (χ3n) is 18.9. The Morgan fingerprint density at radius 3 is 1.58 bits per heavy atom. The molecule has 0 amide bonds. The smallest absolute Gasteiger partial charge is 0.252 e. The van der Waals surface area contributed by atoms with Crippen molar-refractivity contribution < 1.29 is 0 Å². The maximum atomic E-state index is 2.81. The summed E-state index contributed by atoms with van der Waals surface area (Å²) in [5.41, 5.74) is 26.4. The topological polar surface area (TPSA) is 9.72 Å². The molecule has 1 aliphatic carbocycles. The molecule has 0 saturated carbocycles. The minimum absolute atomic E-state index is 0.00602. The lowest BCUT2D eigenvalue weighted by Gasteiger charge is -2.52. The minimum Gasteiger partial charge on any atom is -0.330 e. The van der Waals surface area contributed by atoms with Gasteiger partial charge in [0.2, 0.25) is 0 Å². The highest BCUT2D eigenvalue weighted by atomic mass is 15.3. The molecule has 0 spiro atoms. The molecule has 0 bridgehead atoms. The van der Waals surface area contributed by atoms with Crippen LogP contribution in [0.2, 0.25) is 0 Å². The molecule has 0 fully saturated rings. The van der Waals surface area contributed by atoms with Gasteiger partial charge in [-0.3, -0.25) is 0 Å². The molecular formula is C74H82BN3. The van der Waals surface area contributed by atoms with Gasteiger partial charge in [-0.15, -0.1) is 0 Å². The first-order chi connectivity index (χ1) is 36.6. The van der Waals surface area contributed by atoms with E-state index in [-0.39, 0.29) is 39.2 Å². The fraction of sp³-hybridized carbons (Fsp3) is 0.351. The second-order valence-electron chi connectivity index (χ2n) is 29.1. The Kier molecular flexibility index (Phi) is 11.6. The predicted molar refractivity (Wildman–Crippen MR) is 337 cm³/mol. The van der Waals surface area contributed by atoms with Gasteiger partial charge in [-0.1, -0.05) is 220 Å². The maximum absolute atomic E-state index is 2.81. The molecule has 396 valence electrons. The molecule has 4 aliphatic rings. The number of hydrogen-bond acceptors (Lipinski definition) is 3. The van der Waals surface area contributed by atoms with Crippen molar-refractivity contribution in [2.45, 2.75) is 169 Å². The van der Waals surface area contributed by atoms with E-state index >= 15 is 0 Å². The van der Waals surface area contributed by atoms with Gasteiger partial charge in [0, 0.05) is 50.8 Å². The Bertz CT molecular complexity index is 3720. The zero-order chi connectivity index (χ0) is 55.4. The van der Waals surface area contributed by atoms with Gasteiger partial charge in [0.05, 0.1) is 11.2 Å². The van der Waals surface area contributed by atoms with Gasteiger partial charge in [-0.25, -0.2) is 0 Å². The van der Waals surface area contributed by atoms with Crippen molar-refractivity contribution in [3.8, 4) is 11.1 Å². The van der Waals surface area contributed by atoms with E-state index in [1.165, 1.54) is 118 Å². The lowest BCUT2D eigenvalue weighted by molar-refractivity contribution is 0.245. The summed E-state index contributed by atoms with van der Waals surface area (Å²) in [6.45, 7) is 40.4. The number of nitrogens with zero attached hydrogens (tertiary/aromatic N) is 3. The van der Waals surface area contributed by atoms with Crippen LogP contribution in [-0.2, 0) is 44.4 Å². The van der Waals surface area contributed by atoms with E-state index in [0.29, 0.717) is 0 Å². The summed E-state index contributed by atoms with van der Waals surface area (Å²) >= 11 is 0. The van der Waals surface area contributed by atoms with Gasteiger partial charge >= 0.3 is 0 Å². The summed E-state index contributed by atoms with van der Waals surface area (Å²) < 4.78 is 0. The molecule has 8 aromatic rings. The van der Waals surface area contributed by atoms with E-state index in [1.807, 2.05) is 0 Å². The quantitative estimate of drug-likeness (QED) is 0.163. The SMILES string of the molecule is CC(C)(C)c1cccc(N2c3cc(C(C)(C)C)ccc3B3c4cc(C(C)(C)C)ccc4N(c4ccc(C(C)(C)C)cc4-c4ccccc4)c4cc(N5c6ccc(C(C)(C)C)cc6C6(C)CCc7ccccc7C56C)cc2c43)c1. The molecule has 12 rings (SSSR count). The number of benzene rings is 8. The van der Waals surface area contributed by atoms with Crippen LogP contribution in [0.5, 0.6) is 0 Å². The average Bonchev–Trinajstić information content (AvgIpc) is 3.76. The number of rotatable bonds is 4. The van der Waals surface area contributed by atoms with Crippen molar-refractivity contribution >= 4 is 68.6 Å². The second-order valence-corrected chi connectivity index (χ2v) is 29.1. The largest absolute Gasteiger partial charge is 0.330 e. The fourth-order valence-corrected chi connectivity index (χ4v) is 13.9. The molecule has 78 heavy (non-hydrogen) atoms. The van der Waals surface area contributed by atoms with Crippen molar-refractivity contribution in [2.24, 2.45) is 0 Å². The Hall–Kier alpha value is -6.78. The van der Waals surface area contributed by atoms with Crippen LogP contribution in [0.15, 0.2) is 164 Å². The highest BCUT2D eigenvalue weighted by Gasteiger charge is 2.60. The number of hydrogen-bond donors (Lipinski definition) is 0. The van der Waals surface area contributed by atoms with Crippen LogP contribution in [0.1, 0.15) is 169 Å². The highest BCUT2D eigenvalue weighted by molar-refractivity contribution is 7.00. The normalized spacial score (nSPS) is 18.7. The van der Waals surface area contributed by atoms with E-state index in [0.717, 1.165) is 12.8 Å². The first-order valence-electron chi connectivity index (χ1n) is 29.0. The summed E-state index contributed by atoms with van der Waals surface area (Å²) in [5.74, 6) is 0. The molecule has 0 N–H and O–H groups in total. The molecule has 2 unspecified atom stereocenters. The van der Waals surface area contributed by atoms with Crippen molar-refractivity contribution in [2.75, 3.05) is 14.7 Å². The molecule has 8 aromatic carbocycles. The summed E-state index contributed by atoms with van der Waals surface area (Å²) in [6, 6.07) is 65.0. The second kappa shape index (κ2) is 17.4. The molecule has 0 saturated heterocycles. The zero-order valence-corrected chi connectivity index (χ0v) is 49.9. The Morgan fingerprint density at radius 1 is 0.385 bits per heavy atom. The zero-order valence-electron chi connectivity index (χ0n) is 49.9. The maximum Gasteiger partial charge on any atom is 0.252 e. The van der Waals surface area contributed by atoms with E-state index in [1.54, 1.807) is 0 Å². The number of fused-ring (bicyclic) bond motifs is 9. The van der Waals surface area contributed by atoms with Crippen molar-refractivity contribution in [3.63, 3.8) is 0 Å². The van der Waals surface area contributed by atoms with Crippen LogP contribution < -0.4 is 31.1 Å². The van der Waals surface area contributed by atoms with Crippen LogP contribution in [0.3, 0.4) is 0 Å². The van der Waals surface area contributed by atoms with Crippen LogP contribution in [0.25, 0.3) is 11.1 Å².